The molecule has 0 aromatic carbocycles. The molecule has 2 atom stereocenters. The fraction of sp³-hybridized carbons (Fsp3) is 0.833. The van der Waals surface area contributed by atoms with Gasteiger partial charge >= 0.3 is 12.1 Å². The maximum Gasteiger partial charge on any atom is 0.471 e. The molecule has 0 amide bonds. The molecule has 1 aliphatic rings. The predicted octanol–water partition coefficient (Wildman–Crippen LogP) is 3.70. The molecule has 0 unspecified atom stereocenters. The van der Waals surface area contributed by atoms with Gasteiger partial charge in [0.15, 0.2) is 5.82 Å². The van der Waals surface area contributed by atoms with E-state index in [0.29, 0.717) is 18.3 Å². The maximum absolute atomic E-state index is 12.3. The van der Waals surface area contributed by atoms with Crippen LogP contribution in [0.15, 0.2) is 4.52 Å². The Morgan fingerprint density at radius 3 is 2.44 bits per heavy atom. The third-order valence-corrected chi connectivity index (χ3v) is 4.41. The lowest BCUT2D eigenvalue weighted by molar-refractivity contribution is -0.159. The summed E-state index contributed by atoms with van der Waals surface area (Å²) in [5, 5.41) is 3.43. The van der Waals surface area contributed by atoms with Crippen molar-refractivity contribution in [1.29, 1.82) is 0 Å². The Kier molecular flexibility index (Phi) is 3.15. The van der Waals surface area contributed by atoms with Crippen molar-refractivity contribution in [2.75, 3.05) is 0 Å². The second-order valence-electron chi connectivity index (χ2n) is 5.71. The molecule has 3 nitrogen and oxygen atoms in total. The normalized spacial score (nSPS) is 27.7. The molecule has 0 aliphatic heterocycles. The van der Waals surface area contributed by atoms with Crippen LogP contribution in [0.5, 0.6) is 0 Å². The first-order chi connectivity index (χ1) is 8.21. The van der Waals surface area contributed by atoms with Crippen LogP contribution < -0.4 is 0 Å². The third kappa shape index (κ3) is 2.37. The molecule has 6 heteroatoms. The molecule has 102 valence electrons. The molecule has 0 radical (unpaired) electrons. The summed E-state index contributed by atoms with van der Waals surface area (Å²) in [6, 6.07) is 0. The van der Waals surface area contributed by atoms with E-state index in [1.807, 2.05) is 0 Å². The van der Waals surface area contributed by atoms with Gasteiger partial charge in [0.05, 0.1) is 0 Å². The number of nitrogens with zero attached hydrogens (tertiary/aromatic N) is 2. The first-order valence-corrected chi connectivity index (χ1v) is 6.11. The summed E-state index contributed by atoms with van der Waals surface area (Å²) in [4.78, 5) is 3.43. The summed E-state index contributed by atoms with van der Waals surface area (Å²) < 4.78 is 41.2. The second-order valence-corrected chi connectivity index (χ2v) is 5.71. The second kappa shape index (κ2) is 4.24. The quantitative estimate of drug-likeness (QED) is 0.815. The van der Waals surface area contributed by atoms with Crippen molar-refractivity contribution in [3.63, 3.8) is 0 Å². The summed E-state index contributed by atoms with van der Waals surface area (Å²) in [6.45, 7) is 6.48. The van der Waals surface area contributed by atoms with E-state index in [1.165, 1.54) is 0 Å². The molecule has 1 aromatic rings. The Bertz CT molecular complexity index is 425. The van der Waals surface area contributed by atoms with Gasteiger partial charge in [-0.15, -0.1) is 0 Å². The fourth-order valence-corrected chi connectivity index (χ4v) is 2.64. The number of rotatable bonds is 2. The van der Waals surface area contributed by atoms with Crippen LogP contribution in [-0.4, -0.2) is 10.1 Å². The number of alkyl halides is 3. The molecule has 1 heterocycles. The number of aromatic nitrogens is 2. The van der Waals surface area contributed by atoms with Gasteiger partial charge in [0.1, 0.15) is 0 Å². The van der Waals surface area contributed by atoms with Gasteiger partial charge in [0.2, 0.25) is 0 Å². The van der Waals surface area contributed by atoms with Crippen molar-refractivity contribution in [2.45, 2.75) is 46.2 Å². The standard InChI is InChI=1S/C12H17F3N2O/c1-7-4-5-8(11(7,2)3)6-9-16-10(18-17-9)12(13,14)15/h7-8H,4-6H2,1-3H3/t7-,8+/m1/s1. The van der Waals surface area contributed by atoms with Gasteiger partial charge in [-0.2, -0.15) is 18.2 Å². The lowest BCUT2D eigenvalue weighted by Crippen LogP contribution is -2.25. The Labute approximate surface area is 104 Å². The van der Waals surface area contributed by atoms with Gasteiger partial charge in [-0.25, -0.2) is 0 Å². The van der Waals surface area contributed by atoms with Crippen LogP contribution in [0.3, 0.4) is 0 Å². The average molecular weight is 262 g/mol. The average Bonchev–Trinajstić information content (AvgIpc) is 2.78. The Morgan fingerprint density at radius 1 is 1.33 bits per heavy atom. The lowest BCUT2D eigenvalue weighted by Gasteiger charge is -2.30. The molecule has 0 saturated heterocycles. The van der Waals surface area contributed by atoms with Crippen LogP contribution in [-0.2, 0) is 12.6 Å². The van der Waals surface area contributed by atoms with Crippen molar-refractivity contribution < 1.29 is 17.7 Å². The van der Waals surface area contributed by atoms with Crippen LogP contribution in [0, 0.1) is 17.3 Å². The molecule has 0 N–H and O–H groups in total. The third-order valence-electron chi connectivity index (χ3n) is 4.41. The minimum Gasteiger partial charge on any atom is -0.329 e. The highest BCUT2D eigenvalue weighted by atomic mass is 19.4. The molecule has 0 spiro atoms. The molecule has 1 fully saturated rings. The Morgan fingerprint density at radius 2 is 2.00 bits per heavy atom. The van der Waals surface area contributed by atoms with E-state index in [1.54, 1.807) is 0 Å². The van der Waals surface area contributed by atoms with E-state index in [4.69, 9.17) is 0 Å². The van der Waals surface area contributed by atoms with Gasteiger partial charge in [-0.05, 0) is 30.1 Å². The van der Waals surface area contributed by atoms with E-state index in [-0.39, 0.29) is 11.2 Å². The molecule has 1 aromatic heterocycles. The van der Waals surface area contributed by atoms with Gasteiger partial charge < -0.3 is 4.52 Å². The van der Waals surface area contributed by atoms with E-state index < -0.39 is 12.1 Å². The largest absolute Gasteiger partial charge is 0.471 e. The summed E-state index contributed by atoms with van der Waals surface area (Å²) in [5.74, 6) is -0.210. The van der Waals surface area contributed by atoms with Gasteiger partial charge in [-0.1, -0.05) is 25.9 Å². The summed E-state index contributed by atoms with van der Waals surface area (Å²) in [7, 11) is 0. The summed E-state index contributed by atoms with van der Waals surface area (Å²) in [6.07, 6.45) is -1.99. The zero-order valence-electron chi connectivity index (χ0n) is 10.7. The van der Waals surface area contributed by atoms with Crippen molar-refractivity contribution in [1.82, 2.24) is 10.1 Å². The molecular formula is C12H17F3N2O. The smallest absolute Gasteiger partial charge is 0.329 e. The van der Waals surface area contributed by atoms with Crippen LogP contribution in [0.1, 0.15) is 45.3 Å². The van der Waals surface area contributed by atoms with E-state index in [2.05, 4.69) is 35.4 Å². The first-order valence-electron chi connectivity index (χ1n) is 6.11. The number of hydrogen-bond acceptors (Lipinski definition) is 3. The van der Waals surface area contributed by atoms with Crippen molar-refractivity contribution in [2.24, 2.45) is 17.3 Å². The predicted molar refractivity (Wildman–Crippen MR) is 58.7 cm³/mol. The molecular weight excluding hydrogens is 245 g/mol. The maximum atomic E-state index is 12.3. The molecule has 2 rings (SSSR count). The topological polar surface area (TPSA) is 38.9 Å². The van der Waals surface area contributed by atoms with Crippen LogP contribution in [0.2, 0.25) is 0 Å². The zero-order valence-corrected chi connectivity index (χ0v) is 10.7. The Balaban J connectivity index is 2.09. The van der Waals surface area contributed by atoms with Crippen LogP contribution >= 0.6 is 0 Å². The molecule has 0 bridgehead atoms. The molecule has 1 aliphatic carbocycles. The Hall–Kier alpha value is -1.07. The zero-order chi connectivity index (χ0) is 13.6. The van der Waals surface area contributed by atoms with Gasteiger partial charge in [0, 0.05) is 6.42 Å². The highest BCUT2D eigenvalue weighted by Crippen LogP contribution is 2.48. The minimum absolute atomic E-state index is 0.110. The monoisotopic (exact) mass is 262 g/mol. The lowest BCUT2D eigenvalue weighted by atomic mass is 9.75. The molecule has 18 heavy (non-hydrogen) atoms. The van der Waals surface area contributed by atoms with Gasteiger partial charge in [-0.3, -0.25) is 0 Å². The van der Waals surface area contributed by atoms with Crippen molar-refractivity contribution >= 4 is 0 Å². The SMILES string of the molecule is C[C@@H]1CC[C@@H](Cc2noc(C(F)(F)F)n2)C1(C)C. The van der Waals surface area contributed by atoms with E-state index in [9.17, 15) is 13.2 Å². The van der Waals surface area contributed by atoms with Gasteiger partial charge in [0.25, 0.3) is 0 Å². The van der Waals surface area contributed by atoms with E-state index >= 15 is 0 Å². The van der Waals surface area contributed by atoms with Crippen molar-refractivity contribution in [3.05, 3.63) is 11.7 Å². The fourth-order valence-electron chi connectivity index (χ4n) is 2.64. The van der Waals surface area contributed by atoms with Crippen molar-refractivity contribution in [3.8, 4) is 0 Å². The van der Waals surface area contributed by atoms with Crippen LogP contribution in [0.25, 0.3) is 0 Å². The summed E-state index contributed by atoms with van der Waals surface area (Å²) in [5.41, 5.74) is 0.110. The number of halogens is 3. The first kappa shape index (κ1) is 13.4. The summed E-state index contributed by atoms with van der Waals surface area (Å²) >= 11 is 0. The van der Waals surface area contributed by atoms with Crippen LogP contribution in [0.4, 0.5) is 13.2 Å². The highest BCUT2D eigenvalue weighted by molar-refractivity contribution is 4.97. The number of hydrogen-bond donors (Lipinski definition) is 0. The molecule has 1 saturated carbocycles. The highest BCUT2D eigenvalue weighted by Gasteiger charge is 2.42. The minimum atomic E-state index is -4.55. The van der Waals surface area contributed by atoms with E-state index in [0.717, 1.165) is 12.8 Å².